The van der Waals surface area contributed by atoms with Crippen LogP contribution >= 0.6 is 0 Å². The molecule has 6 rings (SSSR count). The standard InChI is InChI=1S/2C12H8N2.CHF3O3S.Ag/c2*1-3-9-5-6-10-4-2-8-14-12(10)11(9)13-7-1;2-1(3,4)8(5,6)7;/h2*1-8H;(H,5,6,7);/q;;;+1/p-1. The number of nitrogens with zero attached hydrogens (tertiary/aromatic N) is 4. The third-order valence-electron chi connectivity index (χ3n) is 4.97. The van der Waals surface area contributed by atoms with Crippen molar-refractivity contribution in [1.82, 2.24) is 19.9 Å². The Morgan fingerprint density at radius 3 is 0.946 bits per heavy atom. The number of hydrogen-bond acceptors (Lipinski definition) is 7. The topological polar surface area (TPSA) is 109 Å². The molecule has 6 aromatic rings. The zero-order valence-electron chi connectivity index (χ0n) is 18.6. The van der Waals surface area contributed by atoms with E-state index in [1.54, 1.807) is 24.8 Å². The van der Waals surface area contributed by atoms with E-state index in [4.69, 9.17) is 13.0 Å². The van der Waals surface area contributed by atoms with E-state index >= 15 is 0 Å². The molecule has 0 saturated carbocycles. The van der Waals surface area contributed by atoms with Crippen LogP contribution in [0.1, 0.15) is 0 Å². The molecule has 0 amide bonds. The average Bonchev–Trinajstić information content (AvgIpc) is 2.88. The zero-order valence-corrected chi connectivity index (χ0v) is 20.9. The summed E-state index contributed by atoms with van der Waals surface area (Å²) in [5.74, 6) is 0. The van der Waals surface area contributed by atoms with Crippen molar-refractivity contribution >= 4 is 53.7 Å². The summed E-state index contributed by atoms with van der Waals surface area (Å²) in [4.78, 5) is 17.4. The Balaban J connectivity index is 0.000000159. The molecule has 0 saturated heterocycles. The Hall–Kier alpha value is -3.48. The van der Waals surface area contributed by atoms with Gasteiger partial charge in [-0.3, -0.25) is 19.9 Å². The molecule has 0 bridgehead atoms. The van der Waals surface area contributed by atoms with Gasteiger partial charge in [-0.1, -0.05) is 48.5 Å². The average molecular weight is 617 g/mol. The van der Waals surface area contributed by atoms with Crippen LogP contribution in [0.25, 0.3) is 43.6 Å². The summed E-state index contributed by atoms with van der Waals surface area (Å²) in [6, 6.07) is 24.3. The fourth-order valence-electron chi connectivity index (χ4n) is 3.36. The van der Waals surface area contributed by atoms with E-state index in [0.717, 1.165) is 43.6 Å². The summed E-state index contributed by atoms with van der Waals surface area (Å²) in [6.45, 7) is 0. The molecule has 192 valence electrons. The Kier molecular flexibility index (Phi) is 8.89. The molecular formula is C25H16AgF3N4O3S. The predicted octanol–water partition coefficient (Wildman–Crippen LogP) is 5.61. The number of pyridine rings is 4. The molecule has 0 aliphatic rings. The van der Waals surface area contributed by atoms with Crippen LogP contribution in [0.2, 0.25) is 0 Å². The van der Waals surface area contributed by atoms with Gasteiger partial charge in [0.25, 0.3) is 0 Å². The monoisotopic (exact) mass is 616 g/mol. The van der Waals surface area contributed by atoms with Gasteiger partial charge in [0.05, 0.1) is 22.1 Å². The van der Waals surface area contributed by atoms with Gasteiger partial charge in [-0.15, -0.1) is 0 Å². The van der Waals surface area contributed by atoms with Crippen molar-refractivity contribution in [3.8, 4) is 0 Å². The minimum absolute atomic E-state index is 0. The van der Waals surface area contributed by atoms with E-state index in [0.29, 0.717) is 0 Å². The SMILES string of the molecule is O=S(=O)([O-])C(F)(F)F.[Ag+].c1cnc2c(c1)ccc1cccnc12.c1cnc2c(c1)ccc1cccnc12. The first-order valence-electron chi connectivity index (χ1n) is 10.3. The molecule has 37 heavy (non-hydrogen) atoms. The van der Waals surface area contributed by atoms with Crippen LogP contribution in [0.5, 0.6) is 0 Å². The van der Waals surface area contributed by atoms with Crippen LogP contribution in [-0.2, 0) is 32.5 Å². The third kappa shape index (κ3) is 6.64. The Labute approximate surface area is 224 Å². The number of benzene rings is 2. The van der Waals surface area contributed by atoms with E-state index in [1.165, 1.54) is 0 Å². The molecule has 0 N–H and O–H groups in total. The molecule has 12 heteroatoms. The number of hydrogen-bond donors (Lipinski definition) is 0. The van der Waals surface area contributed by atoms with Crippen molar-refractivity contribution in [2.45, 2.75) is 5.51 Å². The molecule has 0 fully saturated rings. The molecule has 7 nitrogen and oxygen atoms in total. The summed E-state index contributed by atoms with van der Waals surface area (Å²) in [5, 5.41) is 4.55. The summed E-state index contributed by atoms with van der Waals surface area (Å²) in [6.07, 6.45) is 7.21. The molecular weight excluding hydrogens is 601 g/mol. The Bertz CT molecular complexity index is 1560. The number of halogens is 3. The second-order valence-corrected chi connectivity index (χ2v) is 8.70. The summed E-state index contributed by atoms with van der Waals surface area (Å²) >= 11 is 0. The molecule has 0 aliphatic carbocycles. The van der Waals surface area contributed by atoms with Crippen molar-refractivity contribution in [3.63, 3.8) is 0 Å². The second-order valence-electron chi connectivity index (χ2n) is 7.33. The van der Waals surface area contributed by atoms with Gasteiger partial charge in [-0.25, -0.2) is 8.42 Å². The predicted molar refractivity (Wildman–Crippen MR) is 130 cm³/mol. The summed E-state index contributed by atoms with van der Waals surface area (Å²) in [7, 11) is -6.09. The first-order chi connectivity index (χ1) is 17.1. The van der Waals surface area contributed by atoms with Crippen molar-refractivity contribution < 1.29 is 48.5 Å². The number of rotatable bonds is 0. The minimum atomic E-state index is -6.09. The molecule has 0 atom stereocenters. The van der Waals surface area contributed by atoms with Gasteiger partial charge < -0.3 is 4.55 Å². The fourth-order valence-corrected chi connectivity index (χ4v) is 3.36. The molecule has 4 aromatic heterocycles. The Morgan fingerprint density at radius 1 is 0.541 bits per heavy atom. The van der Waals surface area contributed by atoms with Crippen molar-refractivity contribution in [2.24, 2.45) is 0 Å². The van der Waals surface area contributed by atoms with Gasteiger partial charge >= 0.3 is 27.9 Å². The van der Waals surface area contributed by atoms with Crippen molar-refractivity contribution in [2.75, 3.05) is 0 Å². The van der Waals surface area contributed by atoms with E-state index < -0.39 is 15.6 Å². The number of fused-ring (bicyclic) bond motifs is 6. The minimum Gasteiger partial charge on any atom is -0.741 e. The van der Waals surface area contributed by atoms with Crippen LogP contribution < -0.4 is 0 Å². The van der Waals surface area contributed by atoms with Gasteiger partial charge in [0.15, 0.2) is 10.1 Å². The van der Waals surface area contributed by atoms with E-state index in [1.807, 2.05) is 24.3 Å². The maximum atomic E-state index is 10.7. The molecule has 2 aromatic carbocycles. The maximum Gasteiger partial charge on any atom is 1.00 e. The second kappa shape index (κ2) is 11.7. The van der Waals surface area contributed by atoms with Gasteiger partial charge in [0, 0.05) is 46.3 Å². The molecule has 0 unspecified atom stereocenters. The summed E-state index contributed by atoms with van der Waals surface area (Å²) < 4.78 is 58.9. The third-order valence-corrected chi connectivity index (χ3v) is 5.54. The van der Waals surface area contributed by atoms with Crippen LogP contribution in [0.3, 0.4) is 0 Å². The quantitative estimate of drug-likeness (QED) is 0.0943. The van der Waals surface area contributed by atoms with Crippen LogP contribution in [0.15, 0.2) is 97.6 Å². The number of alkyl halides is 3. The number of aromatic nitrogens is 4. The van der Waals surface area contributed by atoms with Gasteiger partial charge in [0.1, 0.15) is 0 Å². The molecule has 4 heterocycles. The van der Waals surface area contributed by atoms with Crippen LogP contribution in [0, 0.1) is 0 Å². The van der Waals surface area contributed by atoms with Crippen molar-refractivity contribution in [1.29, 1.82) is 0 Å². The largest absolute Gasteiger partial charge is 1.00 e. The fraction of sp³-hybridized carbons (Fsp3) is 0.0400. The molecule has 0 aliphatic heterocycles. The Morgan fingerprint density at radius 2 is 0.757 bits per heavy atom. The summed E-state index contributed by atoms with van der Waals surface area (Å²) in [5.41, 5.74) is -1.74. The normalized spacial score (nSPS) is 11.2. The van der Waals surface area contributed by atoms with Gasteiger partial charge in [-0.2, -0.15) is 13.2 Å². The van der Waals surface area contributed by atoms with Gasteiger partial charge in [-0.05, 0) is 24.3 Å². The molecule has 0 radical (unpaired) electrons. The maximum absolute atomic E-state index is 10.7. The van der Waals surface area contributed by atoms with Gasteiger partial charge in [0.2, 0.25) is 0 Å². The van der Waals surface area contributed by atoms with Crippen molar-refractivity contribution in [3.05, 3.63) is 97.6 Å². The zero-order chi connectivity index (χ0) is 25.8. The van der Waals surface area contributed by atoms with Crippen LogP contribution in [0.4, 0.5) is 13.2 Å². The first kappa shape index (κ1) is 28.1. The van der Waals surface area contributed by atoms with E-state index in [2.05, 4.69) is 68.5 Å². The first-order valence-corrected chi connectivity index (χ1v) is 11.7. The van der Waals surface area contributed by atoms with E-state index in [-0.39, 0.29) is 22.4 Å². The molecule has 0 spiro atoms. The van der Waals surface area contributed by atoms with Crippen LogP contribution in [-0.4, -0.2) is 38.4 Å². The smallest absolute Gasteiger partial charge is 0.741 e. The van der Waals surface area contributed by atoms with E-state index in [9.17, 15) is 13.2 Å².